The molecule has 1 aliphatic heterocycles. The van der Waals surface area contributed by atoms with Gasteiger partial charge in [0.1, 0.15) is 5.75 Å². The molecular formula is C12H15N3O4. The molecule has 1 amide bonds. The first-order chi connectivity index (χ1) is 9.08. The third kappa shape index (κ3) is 3.19. The van der Waals surface area contributed by atoms with E-state index in [1.807, 2.05) is 0 Å². The number of piperidine rings is 1. The fourth-order valence-corrected chi connectivity index (χ4v) is 2.03. The first-order valence-corrected chi connectivity index (χ1v) is 6.09. The van der Waals surface area contributed by atoms with Crippen molar-refractivity contribution in [3.8, 4) is 5.75 Å². The van der Waals surface area contributed by atoms with E-state index in [1.165, 1.54) is 12.1 Å². The fourth-order valence-electron chi connectivity index (χ4n) is 2.03. The van der Waals surface area contributed by atoms with Crippen LogP contribution < -0.4 is 10.6 Å². The van der Waals surface area contributed by atoms with Crippen LogP contribution >= 0.6 is 0 Å². The molecule has 3 N–H and O–H groups in total. The first-order valence-electron chi connectivity index (χ1n) is 6.09. The number of nitro benzene ring substituents is 1. The van der Waals surface area contributed by atoms with E-state index in [2.05, 4.69) is 10.6 Å². The molecule has 1 aliphatic rings. The lowest BCUT2D eigenvalue weighted by molar-refractivity contribution is -0.384. The minimum atomic E-state index is -0.575. The Balaban J connectivity index is 2.11. The Morgan fingerprint density at radius 2 is 2.26 bits per heavy atom. The zero-order chi connectivity index (χ0) is 13.8. The molecule has 0 bridgehead atoms. The van der Waals surface area contributed by atoms with Crippen LogP contribution in [0.2, 0.25) is 0 Å². The van der Waals surface area contributed by atoms with Gasteiger partial charge in [0.15, 0.2) is 0 Å². The lowest BCUT2D eigenvalue weighted by Gasteiger charge is -2.22. The molecule has 1 atom stereocenters. The summed E-state index contributed by atoms with van der Waals surface area (Å²) in [5.41, 5.74) is -0.115. The predicted molar refractivity (Wildman–Crippen MR) is 69.0 cm³/mol. The van der Waals surface area contributed by atoms with Crippen molar-refractivity contribution >= 4 is 17.3 Å². The number of nitrogens with one attached hydrogen (secondary N) is 2. The number of hydrogen-bond acceptors (Lipinski definition) is 5. The van der Waals surface area contributed by atoms with Gasteiger partial charge in [-0.2, -0.15) is 0 Å². The average molecular weight is 265 g/mol. The Bertz CT molecular complexity index is 498. The minimum Gasteiger partial charge on any atom is -0.506 e. The highest BCUT2D eigenvalue weighted by atomic mass is 16.6. The Morgan fingerprint density at radius 3 is 2.89 bits per heavy atom. The van der Waals surface area contributed by atoms with Crippen LogP contribution in [0.1, 0.15) is 19.3 Å². The minimum absolute atomic E-state index is 0.0616. The molecular weight excluding hydrogens is 250 g/mol. The number of nitro groups is 1. The van der Waals surface area contributed by atoms with Crippen LogP contribution in [-0.4, -0.2) is 28.5 Å². The first kappa shape index (κ1) is 13.3. The van der Waals surface area contributed by atoms with Crippen molar-refractivity contribution in [2.24, 2.45) is 0 Å². The number of nitrogens with zero attached hydrogens (tertiary/aromatic N) is 1. The Kier molecular flexibility index (Phi) is 3.96. The monoisotopic (exact) mass is 265 g/mol. The summed E-state index contributed by atoms with van der Waals surface area (Å²) in [5, 5.41) is 25.8. The van der Waals surface area contributed by atoms with Gasteiger partial charge in [-0.25, -0.2) is 0 Å². The highest BCUT2D eigenvalue weighted by Gasteiger charge is 2.22. The SMILES string of the molecule is O=C(Nc1cc([N+](=O)[O-])ccc1O)C1CCCCN1. The van der Waals surface area contributed by atoms with Gasteiger partial charge in [0.25, 0.3) is 5.69 Å². The predicted octanol–water partition coefficient (Wildman–Crippen LogP) is 1.38. The maximum Gasteiger partial charge on any atom is 0.271 e. The molecule has 7 nitrogen and oxygen atoms in total. The quantitative estimate of drug-likeness (QED) is 0.435. The van der Waals surface area contributed by atoms with Gasteiger partial charge in [-0.15, -0.1) is 0 Å². The van der Waals surface area contributed by atoms with E-state index >= 15 is 0 Å². The van der Waals surface area contributed by atoms with Crippen molar-refractivity contribution in [3.63, 3.8) is 0 Å². The Morgan fingerprint density at radius 1 is 1.47 bits per heavy atom. The zero-order valence-electron chi connectivity index (χ0n) is 10.3. The van der Waals surface area contributed by atoms with Gasteiger partial charge >= 0.3 is 0 Å². The van der Waals surface area contributed by atoms with Crippen LogP contribution in [-0.2, 0) is 4.79 Å². The van der Waals surface area contributed by atoms with Crippen molar-refractivity contribution in [2.75, 3.05) is 11.9 Å². The smallest absolute Gasteiger partial charge is 0.271 e. The molecule has 1 aromatic carbocycles. The summed E-state index contributed by atoms with van der Waals surface area (Å²) in [6, 6.07) is 3.22. The molecule has 0 spiro atoms. The van der Waals surface area contributed by atoms with Crippen LogP contribution in [0.3, 0.4) is 0 Å². The van der Waals surface area contributed by atoms with Gasteiger partial charge in [0.2, 0.25) is 5.91 Å². The molecule has 1 aromatic rings. The molecule has 1 unspecified atom stereocenters. The van der Waals surface area contributed by atoms with Gasteiger partial charge in [0, 0.05) is 12.1 Å². The summed E-state index contributed by atoms with van der Waals surface area (Å²) >= 11 is 0. The highest BCUT2D eigenvalue weighted by Crippen LogP contribution is 2.28. The lowest BCUT2D eigenvalue weighted by atomic mass is 10.0. The molecule has 1 fully saturated rings. The van der Waals surface area contributed by atoms with Crippen LogP contribution in [0.5, 0.6) is 5.75 Å². The third-order valence-corrected chi connectivity index (χ3v) is 3.08. The van der Waals surface area contributed by atoms with Crippen LogP contribution in [0.4, 0.5) is 11.4 Å². The van der Waals surface area contributed by atoms with Gasteiger partial charge < -0.3 is 15.7 Å². The standard InChI is InChI=1S/C12H15N3O4/c16-11-5-4-8(15(18)19)7-10(11)14-12(17)9-3-1-2-6-13-9/h4-5,7,9,13,16H,1-3,6H2,(H,14,17). The second-order valence-electron chi connectivity index (χ2n) is 4.45. The number of hydrogen-bond donors (Lipinski definition) is 3. The van der Waals surface area contributed by atoms with E-state index in [1.54, 1.807) is 0 Å². The Labute approximate surface area is 109 Å². The summed E-state index contributed by atoms with van der Waals surface area (Å²) in [4.78, 5) is 22.0. The fraction of sp³-hybridized carbons (Fsp3) is 0.417. The number of aromatic hydroxyl groups is 1. The number of rotatable bonds is 3. The van der Waals surface area contributed by atoms with Crippen molar-refractivity contribution in [1.29, 1.82) is 0 Å². The summed E-state index contributed by atoms with van der Waals surface area (Å²) in [6.45, 7) is 0.777. The third-order valence-electron chi connectivity index (χ3n) is 3.08. The topological polar surface area (TPSA) is 104 Å². The maximum atomic E-state index is 11.9. The number of carbonyl (C=O) groups excluding carboxylic acids is 1. The summed E-state index contributed by atoms with van der Waals surface area (Å²) in [5.74, 6) is -0.467. The molecule has 0 aromatic heterocycles. The van der Waals surface area contributed by atoms with Gasteiger partial charge in [-0.05, 0) is 25.5 Å². The molecule has 0 saturated carbocycles. The molecule has 19 heavy (non-hydrogen) atoms. The van der Waals surface area contributed by atoms with E-state index < -0.39 is 4.92 Å². The van der Waals surface area contributed by atoms with E-state index in [-0.39, 0.29) is 29.1 Å². The molecule has 1 heterocycles. The second-order valence-corrected chi connectivity index (χ2v) is 4.45. The number of phenolic OH excluding ortho intramolecular Hbond substituents is 1. The summed E-state index contributed by atoms with van der Waals surface area (Å²) < 4.78 is 0. The number of benzene rings is 1. The zero-order valence-corrected chi connectivity index (χ0v) is 10.3. The average Bonchev–Trinajstić information content (AvgIpc) is 2.42. The molecule has 0 radical (unpaired) electrons. The highest BCUT2D eigenvalue weighted by molar-refractivity contribution is 5.96. The second kappa shape index (κ2) is 5.66. The van der Waals surface area contributed by atoms with Gasteiger partial charge in [-0.1, -0.05) is 6.42 Å². The number of anilines is 1. The largest absolute Gasteiger partial charge is 0.506 e. The van der Waals surface area contributed by atoms with Crippen molar-refractivity contribution in [1.82, 2.24) is 5.32 Å². The van der Waals surface area contributed by atoms with Crippen molar-refractivity contribution < 1.29 is 14.8 Å². The number of carbonyl (C=O) groups is 1. The van der Waals surface area contributed by atoms with Gasteiger partial charge in [0.05, 0.1) is 16.7 Å². The van der Waals surface area contributed by atoms with Crippen molar-refractivity contribution in [2.45, 2.75) is 25.3 Å². The van der Waals surface area contributed by atoms with E-state index in [0.29, 0.717) is 0 Å². The normalized spacial score (nSPS) is 18.8. The molecule has 0 aliphatic carbocycles. The van der Waals surface area contributed by atoms with E-state index in [9.17, 15) is 20.0 Å². The van der Waals surface area contributed by atoms with Crippen LogP contribution in [0.25, 0.3) is 0 Å². The number of non-ortho nitro benzene ring substituents is 1. The summed E-state index contributed by atoms with van der Waals surface area (Å²) in [6.07, 6.45) is 2.72. The van der Waals surface area contributed by atoms with Crippen LogP contribution in [0.15, 0.2) is 18.2 Å². The van der Waals surface area contributed by atoms with Crippen molar-refractivity contribution in [3.05, 3.63) is 28.3 Å². The number of amides is 1. The molecule has 102 valence electrons. The maximum absolute atomic E-state index is 11.9. The molecule has 1 saturated heterocycles. The lowest BCUT2D eigenvalue weighted by Crippen LogP contribution is -2.43. The molecule has 2 rings (SSSR count). The van der Waals surface area contributed by atoms with E-state index in [0.717, 1.165) is 31.9 Å². The Hall–Kier alpha value is -2.15. The summed E-state index contributed by atoms with van der Waals surface area (Å²) in [7, 11) is 0. The number of phenols is 1. The molecule has 7 heteroatoms. The van der Waals surface area contributed by atoms with Gasteiger partial charge in [-0.3, -0.25) is 14.9 Å². The van der Waals surface area contributed by atoms with Crippen LogP contribution in [0, 0.1) is 10.1 Å². The van der Waals surface area contributed by atoms with E-state index in [4.69, 9.17) is 0 Å².